The number of pyridine rings is 1. The summed E-state index contributed by atoms with van der Waals surface area (Å²) in [6.07, 6.45) is 1.55. The fourth-order valence-electron chi connectivity index (χ4n) is 2.43. The molecule has 2 aromatic heterocycles. The van der Waals surface area contributed by atoms with E-state index in [4.69, 9.17) is 0 Å². The molecule has 0 aliphatic rings. The number of carbonyl (C=O) groups excluding carboxylic acids is 1. The zero-order valence-electron chi connectivity index (χ0n) is 13.3. The zero-order chi connectivity index (χ0) is 18.8. The molecular formula is C17H11F4N3O2. The summed E-state index contributed by atoms with van der Waals surface area (Å²) < 4.78 is 57.1. The highest BCUT2D eigenvalue weighted by Gasteiger charge is 2.15. The number of halogens is 4. The van der Waals surface area contributed by atoms with E-state index >= 15 is 0 Å². The molecule has 0 N–H and O–H groups in total. The van der Waals surface area contributed by atoms with Crippen molar-refractivity contribution in [1.29, 1.82) is 0 Å². The van der Waals surface area contributed by atoms with E-state index in [0.29, 0.717) is 28.8 Å². The number of nitrogens with zero attached hydrogens (tertiary/aromatic N) is 3. The maximum atomic E-state index is 13.4. The Morgan fingerprint density at radius 3 is 2.58 bits per heavy atom. The fourth-order valence-corrected chi connectivity index (χ4v) is 2.43. The molecule has 0 saturated heterocycles. The van der Waals surface area contributed by atoms with Crippen LogP contribution in [0.15, 0.2) is 36.5 Å². The lowest BCUT2D eigenvalue weighted by Crippen LogP contribution is -2.04. The lowest BCUT2D eigenvalue weighted by molar-refractivity contribution is -0.0500. The molecule has 9 heteroatoms. The second-order valence-corrected chi connectivity index (χ2v) is 5.28. The van der Waals surface area contributed by atoms with Crippen LogP contribution in [-0.4, -0.2) is 27.7 Å². The highest BCUT2D eigenvalue weighted by atomic mass is 19.3. The van der Waals surface area contributed by atoms with Gasteiger partial charge in [-0.15, -0.1) is 0 Å². The van der Waals surface area contributed by atoms with Gasteiger partial charge in [0.15, 0.2) is 12.1 Å². The molecule has 0 atom stereocenters. The van der Waals surface area contributed by atoms with Gasteiger partial charge < -0.3 is 4.74 Å². The molecule has 0 amide bonds. The Hall–Kier alpha value is -3.23. The number of alkyl halides is 2. The maximum Gasteiger partial charge on any atom is 0.387 e. The van der Waals surface area contributed by atoms with Gasteiger partial charge in [0.05, 0.1) is 17.0 Å². The van der Waals surface area contributed by atoms with Crippen molar-refractivity contribution in [2.45, 2.75) is 6.61 Å². The predicted molar refractivity (Wildman–Crippen MR) is 83.8 cm³/mol. The summed E-state index contributed by atoms with van der Waals surface area (Å²) in [5.41, 5.74) is 1.46. The fraction of sp³-hybridized carbons (Fsp3) is 0.118. The van der Waals surface area contributed by atoms with Crippen LogP contribution >= 0.6 is 0 Å². The van der Waals surface area contributed by atoms with Crippen molar-refractivity contribution in [3.8, 4) is 28.3 Å². The average molecular weight is 365 g/mol. The molecule has 2 heterocycles. The van der Waals surface area contributed by atoms with Crippen molar-refractivity contribution in [2.75, 3.05) is 0 Å². The summed E-state index contributed by atoms with van der Waals surface area (Å²) in [5, 5.41) is 4.23. The Bertz CT molecular complexity index is 973. The van der Waals surface area contributed by atoms with Crippen LogP contribution in [0.3, 0.4) is 0 Å². The van der Waals surface area contributed by atoms with E-state index in [9.17, 15) is 22.4 Å². The molecular weight excluding hydrogens is 354 g/mol. The summed E-state index contributed by atoms with van der Waals surface area (Å²) in [7, 11) is 1.58. The molecule has 26 heavy (non-hydrogen) atoms. The van der Waals surface area contributed by atoms with E-state index in [2.05, 4.69) is 14.8 Å². The Morgan fingerprint density at radius 1 is 1.15 bits per heavy atom. The van der Waals surface area contributed by atoms with Crippen molar-refractivity contribution < 1.29 is 27.1 Å². The van der Waals surface area contributed by atoms with Crippen LogP contribution in [0.5, 0.6) is 5.75 Å². The second kappa shape index (κ2) is 6.95. The van der Waals surface area contributed by atoms with Crippen LogP contribution in [0.25, 0.3) is 22.5 Å². The molecule has 0 spiro atoms. The number of benzene rings is 1. The van der Waals surface area contributed by atoms with Gasteiger partial charge in [-0.05, 0) is 24.3 Å². The van der Waals surface area contributed by atoms with Crippen LogP contribution in [0, 0.1) is 11.8 Å². The zero-order valence-corrected chi connectivity index (χ0v) is 13.3. The summed E-state index contributed by atoms with van der Waals surface area (Å²) in [5.74, 6) is -2.60. The monoisotopic (exact) mass is 365 g/mol. The minimum absolute atomic E-state index is 0.0324. The van der Waals surface area contributed by atoms with Crippen molar-refractivity contribution in [2.24, 2.45) is 7.05 Å². The summed E-state index contributed by atoms with van der Waals surface area (Å²) in [4.78, 5) is 14.3. The molecule has 5 nitrogen and oxygen atoms in total. The maximum absolute atomic E-state index is 13.4. The lowest BCUT2D eigenvalue weighted by Gasteiger charge is -2.08. The van der Waals surface area contributed by atoms with E-state index in [1.54, 1.807) is 13.1 Å². The molecule has 0 aliphatic carbocycles. The van der Waals surface area contributed by atoms with Crippen LogP contribution < -0.4 is 4.74 Å². The Labute approximate surface area is 144 Å². The van der Waals surface area contributed by atoms with E-state index < -0.39 is 18.4 Å². The third-order valence-electron chi connectivity index (χ3n) is 3.62. The first-order valence-electron chi connectivity index (χ1n) is 7.29. The minimum Gasteiger partial charge on any atom is -0.434 e. The van der Waals surface area contributed by atoms with Crippen LogP contribution in [0.4, 0.5) is 17.6 Å². The quantitative estimate of drug-likeness (QED) is 0.392. The number of carbonyl (C=O) groups is 1. The molecule has 0 radical (unpaired) electrons. The molecule has 0 bridgehead atoms. The number of ether oxygens (including phenoxy) is 1. The largest absolute Gasteiger partial charge is 0.434 e. The smallest absolute Gasteiger partial charge is 0.387 e. The van der Waals surface area contributed by atoms with Crippen LogP contribution in [-0.2, 0) is 7.05 Å². The first kappa shape index (κ1) is 17.6. The van der Waals surface area contributed by atoms with E-state index in [0.717, 1.165) is 12.3 Å². The number of aryl methyl sites for hydroxylation is 1. The molecule has 3 aromatic rings. The third kappa shape index (κ3) is 3.41. The highest BCUT2D eigenvalue weighted by Crippen LogP contribution is 2.30. The van der Waals surface area contributed by atoms with E-state index in [-0.39, 0.29) is 11.3 Å². The number of hydrogen-bond acceptors (Lipinski definition) is 4. The normalized spacial score (nSPS) is 11.0. The van der Waals surface area contributed by atoms with Gasteiger partial charge in [0.1, 0.15) is 5.75 Å². The third-order valence-corrected chi connectivity index (χ3v) is 3.62. The SMILES string of the molecule is Cn1nc(-c2ccc(C=O)c(OC(F)F)c2)cc1-c1cnc(F)c(F)c1. The van der Waals surface area contributed by atoms with Crippen molar-refractivity contribution in [1.82, 2.24) is 14.8 Å². The lowest BCUT2D eigenvalue weighted by atomic mass is 10.1. The van der Waals surface area contributed by atoms with Gasteiger partial charge in [0, 0.05) is 24.4 Å². The van der Waals surface area contributed by atoms with E-state index in [1.807, 2.05) is 0 Å². The first-order chi connectivity index (χ1) is 12.4. The Balaban J connectivity index is 2.03. The predicted octanol–water partition coefficient (Wildman–Crippen LogP) is 3.84. The summed E-state index contributed by atoms with van der Waals surface area (Å²) >= 11 is 0. The molecule has 134 valence electrons. The Morgan fingerprint density at radius 2 is 1.92 bits per heavy atom. The molecule has 0 fully saturated rings. The number of rotatable bonds is 5. The molecule has 0 saturated carbocycles. The van der Waals surface area contributed by atoms with Crippen LogP contribution in [0.2, 0.25) is 0 Å². The number of aldehydes is 1. The van der Waals surface area contributed by atoms with Gasteiger partial charge in [0.25, 0.3) is 0 Å². The van der Waals surface area contributed by atoms with Gasteiger partial charge in [-0.3, -0.25) is 9.48 Å². The number of aromatic nitrogens is 3. The minimum atomic E-state index is -3.09. The average Bonchev–Trinajstić information content (AvgIpc) is 2.98. The molecule has 0 unspecified atom stereocenters. The molecule has 3 rings (SSSR count). The van der Waals surface area contributed by atoms with Gasteiger partial charge in [-0.1, -0.05) is 6.07 Å². The number of hydrogen-bond donors (Lipinski definition) is 0. The van der Waals surface area contributed by atoms with Gasteiger partial charge in [-0.2, -0.15) is 18.3 Å². The second-order valence-electron chi connectivity index (χ2n) is 5.28. The van der Waals surface area contributed by atoms with Crippen molar-refractivity contribution in [3.63, 3.8) is 0 Å². The molecule has 0 aliphatic heterocycles. The van der Waals surface area contributed by atoms with Gasteiger partial charge >= 0.3 is 6.61 Å². The highest BCUT2D eigenvalue weighted by molar-refractivity contribution is 5.82. The van der Waals surface area contributed by atoms with E-state index in [1.165, 1.54) is 22.9 Å². The Kier molecular flexibility index (Phi) is 4.70. The van der Waals surface area contributed by atoms with Crippen molar-refractivity contribution in [3.05, 3.63) is 53.9 Å². The summed E-state index contributed by atoms with van der Waals surface area (Å²) in [6.45, 7) is -3.09. The van der Waals surface area contributed by atoms with Crippen LogP contribution in [0.1, 0.15) is 10.4 Å². The standard InChI is InChI=1S/C17H11F4N3O2/c1-24-14(11-4-12(18)16(19)22-7-11)6-13(23-24)9-2-3-10(8-25)15(5-9)26-17(20)21/h2-8,17H,1H3. The van der Waals surface area contributed by atoms with Crippen molar-refractivity contribution >= 4 is 6.29 Å². The topological polar surface area (TPSA) is 57.0 Å². The van der Waals surface area contributed by atoms with Gasteiger partial charge in [0.2, 0.25) is 5.95 Å². The molecule has 1 aromatic carbocycles. The summed E-state index contributed by atoms with van der Waals surface area (Å²) in [6, 6.07) is 6.62. The van der Waals surface area contributed by atoms with Gasteiger partial charge in [-0.25, -0.2) is 9.37 Å². The first-order valence-corrected chi connectivity index (χ1v) is 7.29.